The Hall–Kier alpha value is -2.58. The summed E-state index contributed by atoms with van der Waals surface area (Å²) in [5.74, 6) is 0.382. The molecule has 3 rings (SSSR count). The van der Waals surface area contributed by atoms with Crippen LogP contribution in [0.3, 0.4) is 0 Å². The molecule has 0 fully saturated rings. The average Bonchev–Trinajstić information content (AvgIpc) is 3.03. The maximum Gasteiger partial charge on any atom is 0.303 e. The number of hydrogen-bond donors (Lipinski definition) is 1. The maximum absolute atomic E-state index is 12.6. The Morgan fingerprint density at radius 3 is 2.63 bits per heavy atom. The first-order chi connectivity index (χ1) is 13.0. The van der Waals surface area contributed by atoms with E-state index >= 15 is 0 Å². The molecule has 2 atom stereocenters. The lowest BCUT2D eigenvalue weighted by molar-refractivity contribution is -0.137. The summed E-state index contributed by atoms with van der Waals surface area (Å²) in [4.78, 5) is 11.5. The molecule has 0 radical (unpaired) electrons. The van der Waals surface area contributed by atoms with Crippen LogP contribution in [-0.2, 0) is 20.2 Å². The molecule has 1 aliphatic rings. The summed E-state index contributed by atoms with van der Waals surface area (Å²) in [6.07, 6.45) is 0.509. The Balaban J connectivity index is 1.81. The second kappa shape index (κ2) is 8.41. The van der Waals surface area contributed by atoms with Gasteiger partial charge in [0.1, 0.15) is 11.5 Å². The van der Waals surface area contributed by atoms with Crippen molar-refractivity contribution in [1.29, 1.82) is 0 Å². The third-order valence-electron chi connectivity index (χ3n) is 4.43. The third kappa shape index (κ3) is 4.40. The highest BCUT2D eigenvalue weighted by atomic mass is 32.2. The van der Waals surface area contributed by atoms with Crippen LogP contribution < -0.4 is 14.5 Å². The zero-order chi connectivity index (χ0) is 19.4. The molecule has 0 spiro atoms. The van der Waals surface area contributed by atoms with Gasteiger partial charge in [-0.3, -0.25) is 4.79 Å². The van der Waals surface area contributed by atoms with Gasteiger partial charge in [-0.15, -0.1) is 0 Å². The van der Waals surface area contributed by atoms with Gasteiger partial charge in [-0.05, 0) is 48.4 Å². The normalized spacial score (nSPS) is 16.7. The summed E-state index contributed by atoms with van der Waals surface area (Å²) in [5, 5.41) is 10.6. The Labute approximate surface area is 160 Å². The monoisotopic (exact) mass is 391 g/mol. The van der Waals surface area contributed by atoms with Crippen LogP contribution in [0.2, 0.25) is 0 Å². The number of hydroxylamine groups is 1. The first-order valence-electron chi connectivity index (χ1n) is 8.43. The molecular weight excluding hydrogens is 370 g/mol. The predicted molar refractivity (Wildman–Crippen MR) is 100 cm³/mol. The van der Waals surface area contributed by atoms with Crippen molar-refractivity contribution in [2.75, 3.05) is 25.8 Å². The van der Waals surface area contributed by atoms with E-state index < -0.39 is 17.0 Å². The zero-order valence-corrected chi connectivity index (χ0v) is 15.9. The van der Waals surface area contributed by atoms with Crippen molar-refractivity contribution in [3.63, 3.8) is 0 Å². The summed E-state index contributed by atoms with van der Waals surface area (Å²) < 4.78 is 28.8. The number of hydrogen-bond acceptors (Lipinski definition) is 6. The van der Waals surface area contributed by atoms with Crippen LogP contribution in [0.15, 0.2) is 47.4 Å². The van der Waals surface area contributed by atoms with Crippen LogP contribution in [0, 0.1) is 0 Å². The molecule has 2 aromatic rings. The molecular formula is C19H21NO6S. The van der Waals surface area contributed by atoms with E-state index in [1.165, 1.54) is 0 Å². The average molecular weight is 391 g/mol. The molecule has 1 aliphatic heterocycles. The van der Waals surface area contributed by atoms with Gasteiger partial charge < -0.3 is 14.6 Å². The van der Waals surface area contributed by atoms with Crippen LogP contribution in [0.4, 0.5) is 5.69 Å². The SMILES string of the molecule is COc1cccc(S(=O)ON2CC(CCC(=O)O)c3cc(OC)ccc32)c1. The minimum atomic E-state index is -1.73. The maximum atomic E-state index is 12.6. The number of carboxylic acid groups (broad SMARTS) is 1. The van der Waals surface area contributed by atoms with Gasteiger partial charge in [0.2, 0.25) is 11.1 Å². The number of anilines is 1. The minimum Gasteiger partial charge on any atom is -0.497 e. The molecule has 0 saturated carbocycles. The molecule has 2 aromatic carbocycles. The van der Waals surface area contributed by atoms with E-state index in [1.807, 2.05) is 12.1 Å². The number of aliphatic carboxylic acids is 1. The lowest BCUT2D eigenvalue weighted by Gasteiger charge is -2.18. The van der Waals surface area contributed by atoms with Crippen molar-refractivity contribution in [2.24, 2.45) is 0 Å². The van der Waals surface area contributed by atoms with E-state index in [9.17, 15) is 9.00 Å². The standard InChI is InChI=1S/C19H21NO6S/c1-24-14-4-3-5-16(10-14)27(23)26-20-12-13(6-9-19(21)22)17-11-15(25-2)7-8-18(17)20/h3-5,7-8,10-11,13H,6,9,12H2,1-2H3,(H,21,22). The highest BCUT2D eigenvalue weighted by molar-refractivity contribution is 7.80. The molecule has 1 heterocycles. The Morgan fingerprint density at radius 1 is 1.19 bits per heavy atom. The summed E-state index contributed by atoms with van der Waals surface area (Å²) in [7, 11) is 3.12. The molecule has 8 heteroatoms. The Bertz CT molecular complexity index is 856. The molecule has 0 bridgehead atoms. The van der Waals surface area contributed by atoms with E-state index in [-0.39, 0.29) is 12.3 Å². The largest absolute Gasteiger partial charge is 0.497 e. The number of nitrogens with zero attached hydrogens (tertiary/aromatic N) is 1. The molecule has 1 N–H and O–H groups in total. The number of methoxy groups -OCH3 is 2. The second-order valence-corrected chi connectivity index (χ2v) is 7.19. The van der Waals surface area contributed by atoms with E-state index in [0.29, 0.717) is 29.4 Å². The van der Waals surface area contributed by atoms with Crippen LogP contribution in [-0.4, -0.2) is 36.0 Å². The van der Waals surface area contributed by atoms with Crippen molar-refractivity contribution in [3.8, 4) is 11.5 Å². The summed E-state index contributed by atoms with van der Waals surface area (Å²) in [5.41, 5.74) is 1.70. The molecule has 7 nitrogen and oxygen atoms in total. The molecule has 2 unspecified atom stereocenters. The van der Waals surface area contributed by atoms with E-state index in [1.54, 1.807) is 49.6 Å². The summed E-state index contributed by atoms with van der Waals surface area (Å²) >= 11 is -1.73. The Morgan fingerprint density at radius 2 is 1.93 bits per heavy atom. The molecule has 0 aromatic heterocycles. The fraction of sp³-hybridized carbons (Fsp3) is 0.316. The quantitative estimate of drug-likeness (QED) is 0.740. The van der Waals surface area contributed by atoms with Crippen LogP contribution in [0.5, 0.6) is 11.5 Å². The van der Waals surface area contributed by atoms with Crippen molar-refractivity contribution < 1.29 is 27.9 Å². The predicted octanol–water partition coefficient (Wildman–Crippen LogP) is 3.13. The molecule has 0 amide bonds. The van der Waals surface area contributed by atoms with Gasteiger partial charge in [-0.25, -0.2) is 9.27 Å². The van der Waals surface area contributed by atoms with Crippen LogP contribution in [0.1, 0.15) is 24.3 Å². The van der Waals surface area contributed by atoms with Gasteiger partial charge in [0.15, 0.2) is 0 Å². The topological polar surface area (TPSA) is 85.3 Å². The van der Waals surface area contributed by atoms with Gasteiger partial charge in [0.05, 0.1) is 31.3 Å². The third-order valence-corrected chi connectivity index (χ3v) is 5.38. The first-order valence-corrected chi connectivity index (χ1v) is 9.51. The van der Waals surface area contributed by atoms with Gasteiger partial charge in [0, 0.05) is 12.3 Å². The lowest BCUT2D eigenvalue weighted by atomic mass is 9.96. The van der Waals surface area contributed by atoms with Gasteiger partial charge in [0.25, 0.3) is 0 Å². The summed E-state index contributed by atoms with van der Waals surface area (Å²) in [6, 6.07) is 12.4. The second-order valence-electron chi connectivity index (χ2n) is 6.10. The van der Waals surface area contributed by atoms with Crippen LogP contribution >= 0.6 is 0 Å². The lowest BCUT2D eigenvalue weighted by Crippen LogP contribution is -2.23. The van der Waals surface area contributed by atoms with Crippen molar-refractivity contribution in [3.05, 3.63) is 48.0 Å². The smallest absolute Gasteiger partial charge is 0.303 e. The van der Waals surface area contributed by atoms with Crippen molar-refractivity contribution in [1.82, 2.24) is 0 Å². The number of benzene rings is 2. The van der Waals surface area contributed by atoms with Gasteiger partial charge in [-0.1, -0.05) is 6.07 Å². The highest BCUT2D eigenvalue weighted by Crippen LogP contribution is 2.41. The molecule has 0 saturated heterocycles. The molecule has 144 valence electrons. The van der Waals surface area contributed by atoms with Crippen molar-refractivity contribution in [2.45, 2.75) is 23.7 Å². The Kier molecular flexibility index (Phi) is 5.98. The number of fused-ring (bicyclic) bond motifs is 1. The number of carboxylic acids is 1. The molecule has 27 heavy (non-hydrogen) atoms. The van der Waals surface area contributed by atoms with Crippen LogP contribution in [0.25, 0.3) is 0 Å². The zero-order valence-electron chi connectivity index (χ0n) is 15.1. The fourth-order valence-electron chi connectivity index (χ4n) is 3.06. The minimum absolute atomic E-state index is 0.0477. The first kappa shape index (κ1) is 19.2. The number of rotatable bonds is 8. The van der Waals surface area contributed by atoms with E-state index in [0.717, 1.165) is 11.3 Å². The fourth-order valence-corrected chi connectivity index (χ4v) is 3.85. The highest BCUT2D eigenvalue weighted by Gasteiger charge is 2.31. The van der Waals surface area contributed by atoms with Gasteiger partial charge >= 0.3 is 5.97 Å². The van der Waals surface area contributed by atoms with E-state index in [2.05, 4.69) is 0 Å². The van der Waals surface area contributed by atoms with Crippen molar-refractivity contribution >= 4 is 22.7 Å². The van der Waals surface area contributed by atoms with E-state index in [4.69, 9.17) is 18.9 Å². The number of ether oxygens (including phenoxy) is 2. The molecule has 0 aliphatic carbocycles. The number of carbonyl (C=O) groups is 1. The van der Waals surface area contributed by atoms with Gasteiger partial charge in [-0.2, -0.15) is 4.28 Å². The summed E-state index contributed by atoms with van der Waals surface area (Å²) in [6.45, 7) is 0.422.